The lowest BCUT2D eigenvalue weighted by Crippen LogP contribution is -2.32. The highest BCUT2D eigenvalue weighted by molar-refractivity contribution is 5.86. The number of halogens is 2. The third-order valence-corrected chi connectivity index (χ3v) is 2.65. The Labute approximate surface area is 103 Å². The standard InChI is InChI=1S/C11H14F2N4O/c1-16-7-15-10-8(16)2-3-14-11(10)17(4-5-18)6-9(12)13/h2-3,7,9,18H,4-6H2,1H3. The van der Waals surface area contributed by atoms with E-state index in [0.29, 0.717) is 11.3 Å². The predicted molar refractivity (Wildman–Crippen MR) is 63.8 cm³/mol. The van der Waals surface area contributed by atoms with Crippen molar-refractivity contribution in [3.05, 3.63) is 18.6 Å². The average molecular weight is 256 g/mol. The molecular formula is C11H14F2N4O. The number of imidazole rings is 1. The normalized spacial score (nSPS) is 11.4. The molecular weight excluding hydrogens is 242 g/mol. The summed E-state index contributed by atoms with van der Waals surface area (Å²) < 4.78 is 26.8. The molecule has 2 aromatic heterocycles. The molecule has 0 bridgehead atoms. The first-order valence-corrected chi connectivity index (χ1v) is 5.53. The minimum absolute atomic E-state index is 0.104. The molecule has 0 saturated carbocycles. The Kier molecular flexibility index (Phi) is 3.71. The average Bonchev–Trinajstić information content (AvgIpc) is 2.70. The van der Waals surface area contributed by atoms with Gasteiger partial charge in [0.25, 0.3) is 6.43 Å². The van der Waals surface area contributed by atoms with Crippen molar-refractivity contribution in [2.24, 2.45) is 7.05 Å². The second kappa shape index (κ2) is 5.26. The van der Waals surface area contributed by atoms with Crippen molar-refractivity contribution in [1.29, 1.82) is 0 Å². The summed E-state index contributed by atoms with van der Waals surface area (Å²) in [5.41, 5.74) is 1.38. The first-order valence-electron chi connectivity index (χ1n) is 5.53. The summed E-state index contributed by atoms with van der Waals surface area (Å²) in [6, 6.07) is 1.77. The van der Waals surface area contributed by atoms with Crippen molar-refractivity contribution >= 4 is 16.9 Å². The molecule has 18 heavy (non-hydrogen) atoms. The number of fused-ring (bicyclic) bond motifs is 1. The number of hydrogen-bond donors (Lipinski definition) is 1. The van der Waals surface area contributed by atoms with Gasteiger partial charge in [0.05, 0.1) is 25.0 Å². The van der Waals surface area contributed by atoms with Crippen LogP contribution >= 0.6 is 0 Å². The molecule has 0 aromatic carbocycles. The Balaban J connectivity index is 2.43. The Morgan fingerprint density at radius 2 is 2.22 bits per heavy atom. The number of aliphatic hydroxyl groups excluding tert-OH is 1. The van der Waals surface area contributed by atoms with Crippen LogP contribution in [-0.4, -0.2) is 45.8 Å². The number of rotatable bonds is 5. The van der Waals surface area contributed by atoms with Gasteiger partial charge in [0.15, 0.2) is 5.82 Å². The second-order valence-corrected chi connectivity index (χ2v) is 3.92. The van der Waals surface area contributed by atoms with Gasteiger partial charge in [-0.2, -0.15) is 0 Å². The molecule has 0 fully saturated rings. The lowest BCUT2D eigenvalue weighted by Gasteiger charge is -2.22. The molecule has 2 heterocycles. The van der Waals surface area contributed by atoms with Gasteiger partial charge in [-0.15, -0.1) is 0 Å². The molecule has 0 aliphatic carbocycles. The van der Waals surface area contributed by atoms with Crippen LogP contribution in [0.2, 0.25) is 0 Å². The molecule has 0 amide bonds. The number of nitrogens with zero attached hydrogens (tertiary/aromatic N) is 4. The van der Waals surface area contributed by atoms with Gasteiger partial charge in [0.1, 0.15) is 5.52 Å². The van der Waals surface area contributed by atoms with E-state index in [1.54, 1.807) is 23.2 Å². The Morgan fingerprint density at radius 1 is 1.44 bits per heavy atom. The Morgan fingerprint density at radius 3 is 2.89 bits per heavy atom. The summed E-state index contributed by atoms with van der Waals surface area (Å²) in [6.45, 7) is -0.575. The largest absolute Gasteiger partial charge is 0.395 e. The number of hydrogen-bond acceptors (Lipinski definition) is 4. The molecule has 2 rings (SSSR count). The predicted octanol–water partition coefficient (Wildman–Crippen LogP) is 1.03. The molecule has 0 aliphatic heterocycles. The molecule has 7 heteroatoms. The zero-order valence-electron chi connectivity index (χ0n) is 9.92. The maximum atomic E-state index is 12.5. The summed E-state index contributed by atoms with van der Waals surface area (Å²) in [6.07, 6.45) is 0.669. The Bertz CT molecular complexity index is 529. The lowest BCUT2D eigenvalue weighted by molar-refractivity contribution is 0.152. The molecule has 0 atom stereocenters. The van der Waals surface area contributed by atoms with Gasteiger partial charge in [-0.25, -0.2) is 18.7 Å². The number of aromatic nitrogens is 3. The number of anilines is 1. The van der Waals surface area contributed by atoms with Crippen LogP contribution in [0.1, 0.15) is 0 Å². The van der Waals surface area contributed by atoms with E-state index in [9.17, 15) is 8.78 Å². The third kappa shape index (κ3) is 2.40. The molecule has 0 unspecified atom stereocenters. The molecule has 0 saturated heterocycles. The van der Waals surface area contributed by atoms with Crippen LogP contribution in [0.3, 0.4) is 0 Å². The van der Waals surface area contributed by atoms with Gasteiger partial charge in [0.2, 0.25) is 0 Å². The summed E-state index contributed by atoms with van der Waals surface area (Å²) in [5.74, 6) is 0.377. The smallest absolute Gasteiger partial charge is 0.255 e. The van der Waals surface area contributed by atoms with Crippen molar-refractivity contribution in [2.45, 2.75) is 6.43 Å². The van der Waals surface area contributed by atoms with E-state index in [1.165, 1.54) is 4.90 Å². The van der Waals surface area contributed by atoms with E-state index in [1.807, 2.05) is 7.05 Å². The molecule has 2 aromatic rings. The molecule has 5 nitrogen and oxygen atoms in total. The van der Waals surface area contributed by atoms with Crippen LogP contribution in [0.5, 0.6) is 0 Å². The third-order valence-electron chi connectivity index (χ3n) is 2.65. The number of pyridine rings is 1. The fourth-order valence-corrected chi connectivity index (χ4v) is 1.85. The first-order chi connectivity index (χ1) is 8.63. The number of aryl methyl sites for hydroxylation is 1. The number of aliphatic hydroxyl groups is 1. The van der Waals surface area contributed by atoms with Gasteiger partial charge in [0, 0.05) is 19.8 Å². The summed E-state index contributed by atoms with van der Waals surface area (Å²) in [4.78, 5) is 9.61. The van der Waals surface area contributed by atoms with Crippen molar-refractivity contribution in [3.8, 4) is 0 Å². The fraction of sp³-hybridized carbons (Fsp3) is 0.455. The SMILES string of the molecule is Cn1cnc2c(N(CCO)CC(F)F)nccc21. The van der Waals surface area contributed by atoms with E-state index >= 15 is 0 Å². The van der Waals surface area contributed by atoms with Crippen LogP contribution in [0.4, 0.5) is 14.6 Å². The van der Waals surface area contributed by atoms with Crippen LogP contribution in [0, 0.1) is 0 Å². The van der Waals surface area contributed by atoms with Crippen molar-refractivity contribution < 1.29 is 13.9 Å². The monoisotopic (exact) mass is 256 g/mol. The molecule has 0 aliphatic rings. The lowest BCUT2D eigenvalue weighted by atomic mass is 10.3. The van der Waals surface area contributed by atoms with E-state index in [4.69, 9.17) is 5.11 Å². The van der Waals surface area contributed by atoms with Gasteiger partial charge < -0.3 is 14.6 Å². The van der Waals surface area contributed by atoms with Gasteiger partial charge in [-0.1, -0.05) is 0 Å². The molecule has 1 N–H and O–H groups in total. The molecule has 98 valence electrons. The van der Waals surface area contributed by atoms with Crippen molar-refractivity contribution in [2.75, 3.05) is 24.6 Å². The summed E-state index contributed by atoms with van der Waals surface area (Å²) in [7, 11) is 1.82. The summed E-state index contributed by atoms with van der Waals surface area (Å²) in [5, 5.41) is 8.95. The van der Waals surface area contributed by atoms with E-state index in [0.717, 1.165) is 5.52 Å². The van der Waals surface area contributed by atoms with E-state index < -0.39 is 13.0 Å². The van der Waals surface area contributed by atoms with Crippen LogP contribution in [-0.2, 0) is 7.05 Å². The van der Waals surface area contributed by atoms with Crippen molar-refractivity contribution in [3.63, 3.8) is 0 Å². The highest BCUT2D eigenvalue weighted by Gasteiger charge is 2.17. The highest BCUT2D eigenvalue weighted by atomic mass is 19.3. The minimum Gasteiger partial charge on any atom is -0.395 e. The zero-order chi connectivity index (χ0) is 13.1. The van der Waals surface area contributed by atoms with Crippen LogP contribution in [0.25, 0.3) is 11.0 Å². The van der Waals surface area contributed by atoms with E-state index in [-0.39, 0.29) is 13.2 Å². The number of alkyl halides is 2. The van der Waals surface area contributed by atoms with Crippen molar-refractivity contribution in [1.82, 2.24) is 14.5 Å². The Hall–Kier alpha value is -1.76. The van der Waals surface area contributed by atoms with E-state index in [2.05, 4.69) is 9.97 Å². The fourth-order valence-electron chi connectivity index (χ4n) is 1.85. The first kappa shape index (κ1) is 12.7. The topological polar surface area (TPSA) is 54.2 Å². The van der Waals surface area contributed by atoms with Gasteiger partial charge in [-0.05, 0) is 6.07 Å². The van der Waals surface area contributed by atoms with Crippen LogP contribution in [0.15, 0.2) is 18.6 Å². The quantitative estimate of drug-likeness (QED) is 0.868. The molecule has 0 radical (unpaired) electrons. The van der Waals surface area contributed by atoms with Crippen LogP contribution < -0.4 is 4.90 Å². The molecule has 0 spiro atoms. The van der Waals surface area contributed by atoms with Gasteiger partial charge >= 0.3 is 0 Å². The summed E-state index contributed by atoms with van der Waals surface area (Å²) >= 11 is 0. The maximum absolute atomic E-state index is 12.5. The second-order valence-electron chi connectivity index (χ2n) is 3.92. The maximum Gasteiger partial charge on any atom is 0.255 e. The zero-order valence-corrected chi connectivity index (χ0v) is 9.92. The highest BCUT2D eigenvalue weighted by Crippen LogP contribution is 2.22. The minimum atomic E-state index is -2.49. The van der Waals surface area contributed by atoms with Gasteiger partial charge in [-0.3, -0.25) is 0 Å².